The molecule has 0 saturated carbocycles. The molecule has 0 spiro atoms. The highest BCUT2D eigenvalue weighted by atomic mass is 35.5. The Labute approximate surface area is 176 Å². The molecule has 1 aliphatic rings. The van der Waals surface area contributed by atoms with Crippen LogP contribution < -0.4 is 21.1 Å². The minimum atomic E-state index is 0.0394. The SMILES string of the molecule is CCN(CC)C(C)(C)CN(C)c1cc(Cl)cc2c1CCNN2.CCNC(C)=O. The summed E-state index contributed by atoms with van der Waals surface area (Å²) in [4.78, 5) is 14.8. The number of hydrogen-bond donors (Lipinski definition) is 3. The summed E-state index contributed by atoms with van der Waals surface area (Å²) in [6.45, 7) is 17.2. The van der Waals surface area contributed by atoms with Crippen LogP contribution in [-0.4, -0.2) is 56.1 Å². The Morgan fingerprint density at radius 2 is 1.89 bits per heavy atom. The fourth-order valence-corrected chi connectivity index (χ4v) is 3.99. The van der Waals surface area contributed by atoms with Crippen molar-refractivity contribution < 1.29 is 4.79 Å². The summed E-state index contributed by atoms with van der Waals surface area (Å²) in [7, 11) is 2.17. The van der Waals surface area contributed by atoms with Gasteiger partial charge in [0.2, 0.25) is 5.91 Å². The first-order valence-electron chi connectivity index (χ1n) is 10.2. The van der Waals surface area contributed by atoms with E-state index in [0.29, 0.717) is 0 Å². The molecule has 28 heavy (non-hydrogen) atoms. The molecule has 0 aliphatic carbocycles. The van der Waals surface area contributed by atoms with Gasteiger partial charge in [-0.15, -0.1) is 0 Å². The van der Waals surface area contributed by atoms with Gasteiger partial charge in [-0.25, -0.2) is 5.43 Å². The van der Waals surface area contributed by atoms with E-state index >= 15 is 0 Å². The van der Waals surface area contributed by atoms with Crippen LogP contribution in [0.2, 0.25) is 5.02 Å². The highest BCUT2D eigenvalue weighted by molar-refractivity contribution is 6.31. The van der Waals surface area contributed by atoms with E-state index in [4.69, 9.17) is 11.6 Å². The highest BCUT2D eigenvalue weighted by Crippen LogP contribution is 2.34. The van der Waals surface area contributed by atoms with E-state index in [1.165, 1.54) is 18.2 Å². The smallest absolute Gasteiger partial charge is 0.216 e. The summed E-state index contributed by atoms with van der Waals surface area (Å²) in [5.74, 6) is 0.0394. The van der Waals surface area contributed by atoms with Crippen molar-refractivity contribution in [3.63, 3.8) is 0 Å². The lowest BCUT2D eigenvalue weighted by molar-refractivity contribution is -0.118. The van der Waals surface area contributed by atoms with Crippen molar-refractivity contribution in [1.29, 1.82) is 0 Å². The number of likely N-dealkylation sites (N-methyl/N-ethyl adjacent to an activating group) is 2. The molecule has 0 aromatic heterocycles. The van der Waals surface area contributed by atoms with E-state index < -0.39 is 0 Å². The number of benzene rings is 1. The third kappa shape index (κ3) is 7.15. The number of anilines is 2. The van der Waals surface area contributed by atoms with Gasteiger partial charge >= 0.3 is 0 Å². The van der Waals surface area contributed by atoms with Crippen LogP contribution in [-0.2, 0) is 11.2 Å². The van der Waals surface area contributed by atoms with Gasteiger partial charge in [-0.1, -0.05) is 25.4 Å². The van der Waals surface area contributed by atoms with Crippen LogP contribution in [0.1, 0.15) is 47.1 Å². The van der Waals surface area contributed by atoms with Crippen molar-refractivity contribution in [2.75, 3.05) is 50.1 Å². The number of nitrogens with one attached hydrogen (secondary N) is 3. The maximum Gasteiger partial charge on any atom is 0.216 e. The van der Waals surface area contributed by atoms with Gasteiger partial charge in [0, 0.05) is 55.4 Å². The van der Waals surface area contributed by atoms with Crippen molar-refractivity contribution in [2.24, 2.45) is 0 Å². The standard InChI is InChI=1S/C17H29ClN4.C4H9NO/c1-6-22(7-2)17(3,4)12-21(5)16-11-13(18)10-15-14(16)8-9-19-20-15;1-3-5-4(2)6/h10-11,19-20H,6-9,12H2,1-5H3;3H2,1-2H3,(H,5,6). The number of halogens is 1. The van der Waals surface area contributed by atoms with E-state index in [1.807, 2.05) is 13.0 Å². The van der Waals surface area contributed by atoms with Gasteiger partial charge in [0.25, 0.3) is 0 Å². The van der Waals surface area contributed by atoms with Gasteiger partial charge in [0.1, 0.15) is 0 Å². The molecule has 0 radical (unpaired) electrons. The molecular weight excluding hydrogens is 374 g/mol. The zero-order chi connectivity index (χ0) is 21.3. The average molecular weight is 412 g/mol. The van der Waals surface area contributed by atoms with E-state index in [1.54, 1.807) is 0 Å². The van der Waals surface area contributed by atoms with Gasteiger partial charge in [0.05, 0.1) is 5.69 Å². The normalized spacial score (nSPS) is 13.2. The fraction of sp³-hybridized carbons (Fsp3) is 0.667. The molecule has 6 nitrogen and oxygen atoms in total. The number of hydrogen-bond acceptors (Lipinski definition) is 5. The first-order chi connectivity index (χ1) is 13.2. The van der Waals surface area contributed by atoms with Crippen LogP contribution in [0.15, 0.2) is 12.1 Å². The van der Waals surface area contributed by atoms with E-state index in [0.717, 1.165) is 49.9 Å². The lowest BCUT2D eigenvalue weighted by Gasteiger charge is -2.41. The average Bonchev–Trinajstić information content (AvgIpc) is 2.61. The molecule has 1 aliphatic heterocycles. The molecule has 1 aromatic carbocycles. The molecule has 0 saturated heterocycles. The van der Waals surface area contributed by atoms with Crippen LogP contribution in [0.3, 0.4) is 0 Å². The highest BCUT2D eigenvalue weighted by Gasteiger charge is 2.27. The quantitative estimate of drug-likeness (QED) is 0.640. The van der Waals surface area contributed by atoms with Gasteiger partial charge < -0.3 is 15.6 Å². The first kappa shape index (κ1) is 24.5. The van der Waals surface area contributed by atoms with Crippen molar-refractivity contribution in [2.45, 2.75) is 53.5 Å². The summed E-state index contributed by atoms with van der Waals surface area (Å²) in [5, 5.41) is 3.34. The molecule has 3 N–H and O–H groups in total. The van der Waals surface area contributed by atoms with Crippen LogP contribution in [0.25, 0.3) is 0 Å². The van der Waals surface area contributed by atoms with Crippen LogP contribution >= 0.6 is 11.6 Å². The molecule has 0 unspecified atom stereocenters. The molecular formula is C21H38ClN5O. The van der Waals surface area contributed by atoms with Gasteiger partial charge in [-0.05, 0) is 52.4 Å². The lowest BCUT2D eigenvalue weighted by Crippen LogP contribution is -2.51. The maximum atomic E-state index is 9.93. The molecule has 160 valence electrons. The van der Waals surface area contributed by atoms with Crippen molar-refractivity contribution >= 4 is 28.9 Å². The second kappa shape index (κ2) is 11.5. The summed E-state index contributed by atoms with van der Waals surface area (Å²) in [5.41, 5.74) is 10.2. The second-order valence-electron chi connectivity index (χ2n) is 7.68. The zero-order valence-corrected chi connectivity index (χ0v) is 19.3. The molecule has 1 aromatic rings. The minimum Gasteiger partial charge on any atom is -0.372 e. The first-order valence-corrected chi connectivity index (χ1v) is 10.6. The number of nitrogens with zero attached hydrogens (tertiary/aromatic N) is 2. The Morgan fingerprint density at radius 3 is 2.39 bits per heavy atom. The van der Waals surface area contributed by atoms with Gasteiger partial charge in [-0.3, -0.25) is 9.69 Å². The Balaban J connectivity index is 0.000000568. The maximum absolute atomic E-state index is 9.93. The fourth-order valence-electron chi connectivity index (χ4n) is 3.78. The minimum absolute atomic E-state index is 0.0394. The largest absolute Gasteiger partial charge is 0.372 e. The van der Waals surface area contributed by atoms with Crippen molar-refractivity contribution in [3.8, 4) is 0 Å². The Hall–Kier alpha value is -1.50. The zero-order valence-electron chi connectivity index (χ0n) is 18.6. The van der Waals surface area contributed by atoms with Crippen LogP contribution in [0, 0.1) is 0 Å². The van der Waals surface area contributed by atoms with Crippen molar-refractivity contribution in [1.82, 2.24) is 15.6 Å². The number of fused-ring (bicyclic) bond motifs is 1. The number of carbonyl (C=O) groups excluding carboxylic acids is 1. The number of rotatable bonds is 7. The summed E-state index contributed by atoms with van der Waals surface area (Å²) in [6, 6.07) is 4.08. The lowest BCUT2D eigenvalue weighted by atomic mass is 9.99. The molecule has 7 heteroatoms. The summed E-state index contributed by atoms with van der Waals surface area (Å²) >= 11 is 6.31. The Morgan fingerprint density at radius 1 is 1.25 bits per heavy atom. The summed E-state index contributed by atoms with van der Waals surface area (Å²) in [6.07, 6.45) is 1.02. The molecule has 0 atom stereocenters. The number of carbonyl (C=O) groups is 1. The molecule has 2 rings (SSSR count). The van der Waals surface area contributed by atoms with E-state index in [2.05, 4.69) is 66.8 Å². The van der Waals surface area contributed by atoms with E-state index in [-0.39, 0.29) is 11.4 Å². The van der Waals surface area contributed by atoms with Gasteiger partial charge in [-0.2, -0.15) is 0 Å². The second-order valence-corrected chi connectivity index (χ2v) is 8.12. The Bertz CT molecular complexity index is 631. The molecule has 0 fully saturated rings. The monoisotopic (exact) mass is 411 g/mol. The number of amides is 1. The van der Waals surface area contributed by atoms with Crippen LogP contribution in [0.4, 0.5) is 11.4 Å². The summed E-state index contributed by atoms with van der Waals surface area (Å²) < 4.78 is 0. The molecule has 1 amide bonds. The molecule has 1 heterocycles. The molecule has 0 bridgehead atoms. The van der Waals surface area contributed by atoms with Crippen LogP contribution in [0.5, 0.6) is 0 Å². The predicted octanol–water partition coefficient (Wildman–Crippen LogP) is 3.51. The third-order valence-corrected chi connectivity index (χ3v) is 5.21. The third-order valence-electron chi connectivity index (χ3n) is 4.99. The van der Waals surface area contributed by atoms with Crippen molar-refractivity contribution in [3.05, 3.63) is 22.7 Å². The predicted molar refractivity (Wildman–Crippen MR) is 121 cm³/mol. The number of hydrazine groups is 1. The topological polar surface area (TPSA) is 59.6 Å². The van der Waals surface area contributed by atoms with Gasteiger partial charge in [0.15, 0.2) is 0 Å². The Kier molecular flexibility index (Phi) is 10.1. The van der Waals surface area contributed by atoms with E-state index in [9.17, 15) is 4.79 Å².